The maximum absolute atomic E-state index is 9.53. The Kier molecular flexibility index (Phi) is 5.06. The molecule has 2 rings (SSSR count). The number of hydrogen-bond donors (Lipinski definition) is 2. The summed E-state index contributed by atoms with van der Waals surface area (Å²) < 4.78 is 10.6. The lowest BCUT2D eigenvalue weighted by molar-refractivity contribution is 0.395. The van der Waals surface area contributed by atoms with Crippen molar-refractivity contribution in [2.75, 3.05) is 14.2 Å². The van der Waals surface area contributed by atoms with Crippen molar-refractivity contribution in [2.24, 2.45) is 0 Å². The number of nitrogens with one attached hydrogen (secondary N) is 1. The Morgan fingerprint density at radius 2 is 1.90 bits per heavy atom. The Morgan fingerprint density at radius 3 is 2.57 bits per heavy atom. The third kappa shape index (κ3) is 3.89. The van der Waals surface area contributed by atoms with Crippen LogP contribution in [0, 0.1) is 0 Å². The quantitative estimate of drug-likeness (QED) is 0.856. The SMILES string of the molecule is COc1ccc(OC)c(CNC(C)c2cccc(O)c2)c1. The van der Waals surface area contributed by atoms with E-state index in [2.05, 4.69) is 12.2 Å². The highest BCUT2D eigenvalue weighted by atomic mass is 16.5. The van der Waals surface area contributed by atoms with Crippen molar-refractivity contribution in [1.82, 2.24) is 5.32 Å². The first-order valence-corrected chi connectivity index (χ1v) is 6.87. The van der Waals surface area contributed by atoms with Crippen LogP contribution in [0.1, 0.15) is 24.1 Å². The molecule has 1 unspecified atom stereocenters. The minimum absolute atomic E-state index is 0.119. The van der Waals surface area contributed by atoms with Gasteiger partial charge >= 0.3 is 0 Å². The molecule has 0 saturated carbocycles. The lowest BCUT2D eigenvalue weighted by Crippen LogP contribution is -2.18. The fraction of sp³-hybridized carbons (Fsp3) is 0.294. The fourth-order valence-corrected chi connectivity index (χ4v) is 2.20. The average molecular weight is 287 g/mol. The Labute approximate surface area is 125 Å². The van der Waals surface area contributed by atoms with Gasteiger partial charge in [0, 0.05) is 18.2 Å². The Bertz CT molecular complexity index is 598. The zero-order chi connectivity index (χ0) is 15.2. The first kappa shape index (κ1) is 15.2. The molecule has 1 atom stereocenters. The molecule has 21 heavy (non-hydrogen) atoms. The summed E-state index contributed by atoms with van der Waals surface area (Å²) in [5.74, 6) is 1.91. The summed E-state index contributed by atoms with van der Waals surface area (Å²) in [5, 5.41) is 13.0. The van der Waals surface area contributed by atoms with Gasteiger partial charge in [-0.25, -0.2) is 0 Å². The summed E-state index contributed by atoms with van der Waals surface area (Å²) in [5.41, 5.74) is 2.07. The van der Waals surface area contributed by atoms with E-state index in [1.54, 1.807) is 26.4 Å². The van der Waals surface area contributed by atoms with Gasteiger partial charge in [-0.05, 0) is 42.8 Å². The van der Waals surface area contributed by atoms with E-state index in [-0.39, 0.29) is 11.8 Å². The van der Waals surface area contributed by atoms with Crippen LogP contribution in [0.15, 0.2) is 42.5 Å². The lowest BCUT2D eigenvalue weighted by Gasteiger charge is -2.16. The van der Waals surface area contributed by atoms with Gasteiger partial charge in [-0.2, -0.15) is 0 Å². The maximum atomic E-state index is 9.53. The third-order valence-electron chi connectivity index (χ3n) is 3.46. The van der Waals surface area contributed by atoms with Crippen LogP contribution in [0.2, 0.25) is 0 Å². The Morgan fingerprint density at radius 1 is 1.10 bits per heavy atom. The number of benzene rings is 2. The molecule has 0 radical (unpaired) electrons. The largest absolute Gasteiger partial charge is 0.508 e. The molecule has 2 N–H and O–H groups in total. The standard InChI is InChI=1S/C17H21NO3/c1-12(13-5-4-6-15(19)9-13)18-11-14-10-16(20-2)7-8-17(14)21-3/h4-10,12,18-19H,11H2,1-3H3. The van der Waals surface area contributed by atoms with E-state index < -0.39 is 0 Å². The molecule has 0 aliphatic heterocycles. The van der Waals surface area contributed by atoms with E-state index in [4.69, 9.17) is 9.47 Å². The van der Waals surface area contributed by atoms with Gasteiger partial charge in [0.2, 0.25) is 0 Å². The minimum atomic E-state index is 0.119. The molecule has 4 nitrogen and oxygen atoms in total. The van der Waals surface area contributed by atoms with Gasteiger partial charge in [-0.1, -0.05) is 12.1 Å². The number of methoxy groups -OCH3 is 2. The van der Waals surface area contributed by atoms with Gasteiger partial charge in [0.25, 0.3) is 0 Å². The molecule has 2 aromatic rings. The fourth-order valence-electron chi connectivity index (χ4n) is 2.20. The van der Waals surface area contributed by atoms with Gasteiger partial charge in [-0.15, -0.1) is 0 Å². The van der Waals surface area contributed by atoms with Crippen LogP contribution < -0.4 is 14.8 Å². The van der Waals surface area contributed by atoms with Crippen LogP contribution in [0.5, 0.6) is 17.2 Å². The molecule has 2 aromatic carbocycles. The van der Waals surface area contributed by atoms with Crippen molar-refractivity contribution in [1.29, 1.82) is 0 Å². The summed E-state index contributed by atoms with van der Waals surface area (Å²) in [6.07, 6.45) is 0. The van der Waals surface area contributed by atoms with Crippen molar-refractivity contribution in [3.05, 3.63) is 53.6 Å². The number of phenolic OH excluding ortho intramolecular Hbond substituents is 1. The second-order valence-corrected chi connectivity index (χ2v) is 4.88. The second kappa shape index (κ2) is 6.99. The Balaban J connectivity index is 2.08. The average Bonchev–Trinajstić information content (AvgIpc) is 2.52. The third-order valence-corrected chi connectivity index (χ3v) is 3.46. The van der Waals surface area contributed by atoms with Crippen LogP contribution in [0.3, 0.4) is 0 Å². The molecule has 0 amide bonds. The molecule has 0 bridgehead atoms. The predicted octanol–water partition coefficient (Wildman–Crippen LogP) is 3.26. The highest BCUT2D eigenvalue weighted by Gasteiger charge is 2.09. The molecular weight excluding hydrogens is 266 g/mol. The number of rotatable bonds is 6. The van der Waals surface area contributed by atoms with Gasteiger partial charge in [0.15, 0.2) is 0 Å². The molecule has 4 heteroatoms. The van der Waals surface area contributed by atoms with Crippen molar-refractivity contribution in [2.45, 2.75) is 19.5 Å². The second-order valence-electron chi connectivity index (χ2n) is 4.88. The van der Waals surface area contributed by atoms with Crippen LogP contribution in [-0.2, 0) is 6.54 Å². The van der Waals surface area contributed by atoms with Crippen LogP contribution in [0.25, 0.3) is 0 Å². The van der Waals surface area contributed by atoms with Crippen molar-refractivity contribution in [3.8, 4) is 17.2 Å². The summed E-state index contributed by atoms with van der Waals surface area (Å²) in [6.45, 7) is 2.71. The van der Waals surface area contributed by atoms with E-state index in [9.17, 15) is 5.11 Å². The molecule has 0 aliphatic carbocycles. The van der Waals surface area contributed by atoms with Crippen molar-refractivity contribution in [3.63, 3.8) is 0 Å². The first-order chi connectivity index (χ1) is 10.1. The van der Waals surface area contributed by atoms with E-state index >= 15 is 0 Å². The van der Waals surface area contributed by atoms with E-state index in [1.165, 1.54) is 0 Å². The van der Waals surface area contributed by atoms with Crippen molar-refractivity contribution >= 4 is 0 Å². The van der Waals surface area contributed by atoms with E-state index in [0.29, 0.717) is 6.54 Å². The van der Waals surface area contributed by atoms with Gasteiger partial charge in [-0.3, -0.25) is 0 Å². The topological polar surface area (TPSA) is 50.7 Å². The van der Waals surface area contributed by atoms with Crippen molar-refractivity contribution < 1.29 is 14.6 Å². The number of ether oxygens (including phenoxy) is 2. The summed E-state index contributed by atoms with van der Waals surface area (Å²) in [6, 6.07) is 13.1. The molecule has 0 spiro atoms. The number of hydrogen-bond acceptors (Lipinski definition) is 4. The minimum Gasteiger partial charge on any atom is -0.508 e. The molecule has 0 fully saturated rings. The van der Waals surface area contributed by atoms with E-state index in [0.717, 1.165) is 22.6 Å². The number of aromatic hydroxyl groups is 1. The van der Waals surface area contributed by atoms with Gasteiger partial charge in [0.05, 0.1) is 14.2 Å². The normalized spacial score (nSPS) is 12.0. The molecule has 0 aliphatic rings. The zero-order valence-electron chi connectivity index (χ0n) is 12.6. The van der Waals surface area contributed by atoms with Gasteiger partial charge in [0.1, 0.15) is 17.2 Å². The summed E-state index contributed by atoms with van der Waals surface area (Å²) in [4.78, 5) is 0. The van der Waals surface area contributed by atoms with Crippen LogP contribution in [0.4, 0.5) is 0 Å². The summed E-state index contributed by atoms with van der Waals surface area (Å²) in [7, 11) is 3.30. The van der Waals surface area contributed by atoms with Crippen LogP contribution >= 0.6 is 0 Å². The highest BCUT2D eigenvalue weighted by Crippen LogP contribution is 2.25. The first-order valence-electron chi connectivity index (χ1n) is 6.87. The lowest BCUT2D eigenvalue weighted by atomic mass is 10.1. The Hall–Kier alpha value is -2.20. The molecule has 112 valence electrons. The molecular formula is C17H21NO3. The zero-order valence-corrected chi connectivity index (χ0v) is 12.6. The summed E-state index contributed by atoms with van der Waals surface area (Å²) >= 11 is 0. The molecule has 0 aromatic heterocycles. The highest BCUT2D eigenvalue weighted by molar-refractivity contribution is 5.40. The van der Waals surface area contributed by atoms with Gasteiger partial charge < -0.3 is 19.9 Å². The van der Waals surface area contributed by atoms with E-state index in [1.807, 2.05) is 30.3 Å². The molecule has 0 saturated heterocycles. The monoisotopic (exact) mass is 287 g/mol. The predicted molar refractivity (Wildman–Crippen MR) is 82.9 cm³/mol. The maximum Gasteiger partial charge on any atom is 0.123 e. The smallest absolute Gasteiger partial charge is 0.123 e. The number of phenols is 1. The van der Waals surface area contributed by atoms with Crippen LogP contribution in [-0.4, -0.2) is 19.3 Å². The molecule has 0 heterocycles.